The van der Waals surface area contributed by atoms with Crippen LogP contribution in [-0.2, 0) is 9.53 Å². The van der Waals surface area contributed by atoms with Gasteiger partial charge in [-0.05, 0) is 25.9 Å². The van der Waals surface area contributed by atoms with E-state index < -0.39 is 0 Å². The van der Waals surface area contributed by atoms with E-state index in [1.807, 2.05) is 0 Å². The minimum Gasteiger partial charge on any atom is -0.383 e. The third kappa shape index (κ3) is 3.32. The molecule has 1 aliphatic rings. The molecule has 1 amide bonds. The first kappa shape index (κ1) is 10.5. The molecule has 0 aromatic carbocycles. The van der Waals surface area contributed by atoms with E-state index in [0.717, 1.165) is 39.1 Å². The number of hydrogen-bond donors (Lipinski definition) is 1. The molecule has 0 aliphatic carbocycles. The van der Waals surface area contributed by atoms with Gasteiger partial charge in [0.15, 0.2) is 0 Å². The smallest absolute Gasteiger partial charge is 0.220 e. The zero-order chi connectivity index (χ0) is 9.68. The van der Waals surface area contributed by atoms with Crippen molar-refractivity contribution in [2.75, 3.05) is 33.4 Å². The standard InChI is InChI=1S/C9H18N2O2/c1-13-7-6-11-4-2-8(3-5-11)9(10)12/h8H,2-7H2,1H3,(H2,10,12). The highest BCUT2D eigenvalue weighted by molar-refractivity contribution is 5.76. The molecular weight excluding hydrogens is 168 g/mol. The summed E-state index contributed by atoms with van der Waals surface area (Å²) in [6.07, 6.45) is 1.80. The van der Waals surface area contributed by atoms with E-state index in [-0.39, 0.29) is 11.8 Å². The van der Waals surface area contributed by atoms with Gasteiger partial charge < -0.3 is 15.4 Å². The maximum atomic E-state index is 10.9. The Morgan fingerprint density at radius 1 is 1.54 bits per heavy atom. The monoisotopic (exact) mass is 186 g/mol. The summed E-state index contributed by atoms with van der Waals surface area (Å²) < 4.78 is 4.99. The third-order valence-electron chi connectivity index (χ3n) is 2.60. The third-order valence-corrected chi connectivity index (χ3v) is 2.60. The predicted octanol–water partition coefficient (Wildman–Crippen LogP) is -0.170. The highest BCUT2D eigenvalue weighted by atomic mass is 16.5. The van der Waals surface area contributed by atoms with Gasteiger partial charge in [-0.2, -0.15) is 0 Å². The van der Waals surface area contributed by atoms with E-state index in [0.29, 0.717) is 0 Å². The van der Waals surface area contributed by atoms with Gasteiger partial charge >= 0.3 is 0 Å². The number of primary amides is 1. The molecule has 1 heterocycles. The fraction of sp³-hybridized carbons (Fsp3) is 0.889. The lowest BCUT2D eigenvalue weighted by Gasteiger charge is -2.29. The molecule has 1 fully saturated rings. The van der Waals surface area contributed by atoms with Crippen LogP contribution in [0, 0.1) is 5.92 Å². The van der Waals surface area contributed by atoms with Crippen molar-refractivity contribution in [2.24, 2.45) is 11.7 Å². The Balaban J connectivity index is 2.18. The van der Waals surface area contributed by atoms with Crippen LogP contribution in [0.1, 0.15) is 12.8 Å². The van der Waals surface area contributed by atoms with Gasteiger partial charge in [-0.1, -0.05) is 0 Å². The molecule has 0 spiro atoms. The van der Waals surface area contributed by atoms with Crippen LogP contribution in [0.4, 0.5) is 0 Å². The number of ether oxygens (including phenoxy) is 1. The normalized spacial score (nSPS) is 20.4. The van der Waals surface area contributed by atoms with Crippen LogP contribution in [0.2, 0.25) is 0 Å². The first-order valence-corrected chi connectivity index (χ1v) is 4.74. The summed E-state index contributed by atoms with van der Waals surface area (Å²) in [5.74, 6) is -0.0508. The van der Waals surface area contributed by atoms with Gasteiger partial charge in [-0.25, -0.2) is 0 Å². The predicted molar refractivity (Wildman–Crippen MR) is 50.2 cm³/mol. The van der Waals surface area contributed by atoms with E-state index in [9.17, 15) is 4.79 Å². The average molecular weight is 186 g/mol. The van der Waals surface area contributed by atoms with Gasteiger partial charge in [0.2, 0.25) is 5.91 Å². The second kappa shape index (κ2) is 5.19. The van der Waals surface area contributed by atoms with Crippen molar-refractivity contribution in [1.29, 1.82) is 0 Å². The summed E-state index contributed by atoms with van der Waals surface area (Å²) in [6, 6.07) is 0. The highest BCUT2D eigenvalue weighted by Gasteiger charge is 2.22. The average Bonchev–Trinajstić information content (AvgIpc) is 2.15. The Hall–Kier alpha value is -0.610. The van der Waals surface area contributed by atoms with Crippen LogP contribution in [0.3, 0.4) is 0 Å². The minimum absolute atomic E-state index is 0.0961. The SMILES string of the molecule is COCCN1CCC(C(N)=O)CC1. The number of carbonyl (C=O) groups is 1. The zero-order valence-corrected chi connectivity index (χ0v) is 8.16. The van der Waals surface area contributed by atoms with E-state index in [4.69, 9.17) is 10.5 Å². The summed E-state index contributed by atoms with van der Waals surface area (Å²) in [6.45, 7) is 3.66. The number of likely N-dealkylation sites (tertiary alicyclic amines) is 1. The Kier molecular flexibility index (Phi) is 4.18. The quantitative estimate of drug-likeness (QED) is 0.663. The molecule has 0 radical (unpaired) electrons. The molecule has 0 aromatic rings. The lowest BCUT2D eigenvalue weighted by atomic mass is 9.96. The molecule has 1 rings (SSSR count). The van der Waals surface area contributed by atoms with Crippen molar-refractivity contribution in [1.82, 2.24) is 4.90 Å². The van der Waals surface area contributed by atoms with Crippen molar-refractivity contribution in [2.45, 2.75) is 12.8 Å². The second-order valence-corrected chi connectivity index (χ2v) is 3.51. The number of hydrogen-bond acceptors (Lipinski definition) is 3. The van der Waals surface area contributed by atoms with Gasteiger partial charge in [0.05, 0.1) is 6.61 Å². The zero-order valence-electron chi connectivity index (χ0n) is 8.16. The fourth-order valence-electron chi connectivity index (χ4n) is 1.66. The number of amides is 1. The maximum Gasteiger partial charge on any atom is 0.220 e. The molecule has 4 nitrogen and oxygen atoms in total. The van der Waals surface area contributed by atoms with Crippen LogP contribution < -0.4 is 5.73 Å². The second-order valence-electron chi connectivity index (χ2n) is 3.51. The number of carbonyl (C=O) groups excluding carboxylic acids is 1. The van der Waals surface area contributed by atoms with E-state index >= 15 is 0 Å². The molecule has 0 saturated carbocycles. The first-order chi connectivity index (χ1) is 6.24. The molecular formula is C9H18N2O2. The highest BCUT2D eigenvalue weighted by Crippen LogP contribution is 2.15. The first-order valence-electron chi connectivity index (χ1n) is 4.74. The fourth-order valence-corrected chi connectivity index (χ4v) is 1.66. The molecule has 1 aliphatic heterocycles. The molecule has 76 valence electrons. The molecule has 0 atom stereocenters. The molecule has 0 unspecified atom stereocenters. The molecule has 1 saturated heterocycles. The number of rotatable bonds is 4. The van der Waals surface area contributed by atoms with Crippen LogP contribution in [0.25, 0.3) is 0 Å². The van der Waals surface area contributed by atoms with E-state index in [1.165, 1.54) is 0 Å². The lowest BCUT2D eigenvalue weighted by Crippen LogP contribution is -2.39. The van der Waals surface area contributed by atoms with Crippen LogP contribution in [-0.4, -0.2) is 44.2 Å². The molecule has 0 aromatic heterocycles. The number of nitrogens with zero attached hydrogens (tertiary/aromatic N) is 1. The van der Waals surface area contributed by atoms with Crippen molar-refractivity contribution < 1.29 is 9.53 Å². The maximum absolute atomic E-state index is 10.9. The Labute approximate surface area is 79.0 Å². The number of piperidine rings is 1. The minimum atomic E-state index is -0.147. The van der Waals surface area contributed by atoms with Gasteiger partial charge in [-0.15, -0.1) is 0 Å². The Bertz CT molecular complexity index is 165. The molecule has 0 bridgehead atoms. The Morgan fingerprint density at radius 2 is 2.15 bits per heavy atom. The largest absolute Gasteiger partial charge is 0.383 e. The van der Waals surface area contributed by atoms with Gasteiger partial charge in [0, 0.05) is 19.6 Å². The molecule has 13 heavy (non-hydrogen) atoms. The summed E-state index contributed by atoms with van der Waals surface area (Å²) >= 11 is 0. The Morgan fingerprint density at radius 3 is 2.62 bits per heavy atom. The number of nitrogens with two attached hydrogens (primary N) is 1. The van der Waals surface area contributed by atoms with Crippen LogP contribution in [0.5, 0.6) is 0 Å². The van der Waals surface area contributed by atoms with E-state index in [1.54, 1.807) is 7.11 Å². The summed E-state index contributed by atoms with van der Waals surface area (Å²) in [5, 5.41) is 0. The van der Waals surface area contributed by atoms with Gasteiger partial charge in [0.1, 0.15) is 0 Å². The molecule has 2 N–H and O–H groups in total. The van der Waals surface area contributed by atoms with Crippen LogP contribution in [0.15, 0.2) is 0 Å². The van der Waals surface area contributed by atoms with E-state index in [2.05, 4.69) is 4.90 Å². The van der Waals surface area contributed by atoms with Crippen molar-refractivity contribution >= 4 is 5.91 Å². The van der Waals surface area contributed by atoms with Crippen molar-refractivity contribution in [3.8, 4) is 0 Å². The van der Waals surface area contributed by atoms with Crippen molar-refractivity contribution in [3.05, 3.63) is 0 Å². The van der Waals surface area contributed by atoms with Gasteiger partial charge in [0.25, 0.3) is 0 Å². The summed E-state index contributed by atoms with van der Waals surface area (Å²) in [4.78, 5) is 13.2. The topological polar surface area (TPSA) is 55.6 Å². The van der Waals surface area contributed by atoms with Gasteiger partial charge in [-0.3, -0.25) is 4.79 Å². The summed E-state index contributed by atoms with van der Waals surface area (Å²) in [7, 11) is 1.70. The lowest BCUT2D eigenvalue weighted by molar-refractivity contribution is -0.123. The summed E-state index contributed by atoms with van der Waals surface area (Å²) in [5.41, 5.74) is 5.23. The van der Waals surface area contributed by atoms with Crippen molar-refractivity contribution in [3.63, 3.8) is 0 Å². The van der Waals surface area contributed by atoms with Crippen LogP contribution >= 0.6 is 0 Å². The number of methoxy groups -OCH3 is 1. The molecule has 4 heteroatoms.